The Kier molecular flexibility index (Phi) is 6.27. The normalized spacial score (nSPS) is 28.2. The van der Waals surface area contributed by atoms with E-state index in [0.717, 1.165) is 18.1 Å². The minimum absolute atomic E-state index is 0.0400. The van der Waals surface area contributed by atoms with Crippen LogP contribution in [0.1, 0.15) is 46.7 Å². The van der Waals surface area contributed by atoms with E-state index < -0.39 is 47.3 Å². The molecule has 1 aromatic carbocycles. The molecule has 1 unspecified atom stereocenters. The molecule has 0 bridgehead atoms. The summed E-state index contributed by atoms with van der Waals surface area (Å²) in [7, 11) is 0. The first-order valence-electron chi connectivity index (χ1n) is 13.6. The Morgan fingerprint density at radius 3 is 2.71 bits per heavy atom. The van der Waals surface area contributed by atoms with Gasteiger partial charge in [-0.25, -0.2) is 14.6 Å². The number of guanidine groups is 2. The summed E-state index contributed by atoms with van der Waals surface area (Å²) in [6, 6.07) is 6.12. The number of amides is 2. The van der Waals surface area contributed by atoms with E-state index in [2.05, 4.69) is 45.1 Å². The molecule has 14 nitrogen and oxygen atoms in total. The number of para-hydroxylation sites is 1. The number of benzene rings is 1. The lowest BCUT2D eigenvalue weighted by molar-refractivity contribution is -0.623. The molecular weight excluding hydrogens is 549 g/mol. The third kappa shape index (κ3) is 4.10. The molecule has 2 amide bonds. The van der Waals surface area contributed by atoms with Crippen molar-refractivity contribution in [3.63, 3.8) is 0 Å². The molecule has 4 atom stereocenters. The highest BCUT2D eigenvalue weighted by atomic mass is 19.1. The molecule has 42 heavy (non-hydrogen) atoms. The first-order valence-corrected chi connectivity index (χ1v) is 13.6. The molecular formula is C27H33FN9O5+. The summed E-state index contributed by atoms with van der Waals surface area (Å²) >= 11 is 0. The zero-order valence-electron chi connectivity index (χ0n) is 23.0. The van der Waals surface area contributed by atoms with Crippen molar-refractivity contribution >= 4 is 23.7 Å². The summed E-state index contributed by atoms with van der Waals surface area (Å²) in [4.78, 5) is 34.2. The van der Waals surface area contributed by atoms with E-state index in [-0.39, 0.29) is 41.7 Å². The number of nitrogens with zero attached hydrogens (tertiary/aromatic N) is 3. The summed E-state index contributed by atoms with van der Waals surface area (Å²) in [6.07, 6.45) is 0.790. The molecule has 4 aliphatic heterocycles. The molecule has 1 spiro atoms. The summed E-state index contributed by atoms with van der Waals surface area (Å²) in [5, 5.41) is 34.7. The predicted molar refractivity (Wildman–Crippen MR) is 147 cm³/mol. The number of hydrogen-bond acceptors (Lipinski definition) is 11. The van der Waals surface area contributed by atoms with E-state index >= 15 is 0 Å². The van der Waals surface area contributed by atoms with Crippen LogP contribution in [-0.4, -0.2) is 92.8 Å². The fourth-order valence-corrected chi connectivity index (χ4v) is 6.34. The second kappa shape index (κ2) is 9.52. The van der Waals surface area contributed by atoms with Gasteiger partial charge in [0.2, 0.25) is 17.4 Å². The molecule has 15 heteroatoms. The van der Waals surface area contributed by atoms with Crippen LogP contribution in [0.2, 0.25) is 0 Å². The number of hydrogen-bond donors (Lipinski definition) is 8. The Balaban J connectivity index is 1.27. The fraction of sp³-hybridized carbons (Fsp3) is 0.444. The van der Waals surface area contributed by atoms with Gasteiger partial charge in [-0.05, 0) is 30.0 Å². The standard InChI is InChI=1S/C27H32FN9O5/c1-25(2)9-10-42-19-13(5-3-6-14(19)25)21(38)34-17-12-37-24(30)33-16(11-31-22(39)15-7-4-8-18(28)32-15)20-26(37,27(17,40)41)36-23(29)35-20/h3-8,16-17,20,40-41H,9-12H2,1-2H3,(H7,29,30,31,33,34,35,36,38,39)/p+1/t16-,17?,20-,26-/m0/s1. The fourth-order valence-electron chi connectivity index (χ4n) is 6.34. The monoisotopic (exact) mass is 582 g/mol. The van der Waals surface area contributed by atoms with E-state index in [9.17, 15) is 24.2 Å². The van der Waals surface area contributed by atoms with Gasteiger partial charge in [0.15, 0.2) is 5.96 Å². The van der Waals surface area contributed by atoms with Gasteiger partial charge in [-0.3, -0.25) is 20.6 Å². The molecule has 0 saturated carbocycles. The number of nitrogens with one attached hydrogen (secondary N) is 4. The van der Waals surface area contributed by atoms with Crippen LogP contribution in [0.25, 0.3) is 0 Å². The topological polar surface area (TPSA) is 212 Å². The smallest absolute Gasteiger partial charge is 0.346 e. The van der Waals surface area contributed by atoms with Crippen LogP contribution in [0.5, 0.6) is 5.75 Å². The van der Waals surface area contributed by atoms with Gasteiger partial charge in [0, 0.05) is 5.56 Å². The van der Waals surface area contributed by atoms with Crippen molar-refractivity contribution in [1.29, 1.82) is 0 Å². The maximum Gasteiger partial charge on any atom is 0.346 e. The molecule has 0 aliphatic carbocycles. The van der Waals surface area contributed by atoms with Crippen LogP contribution in [0.15, 0.2) is 41.4 Å². The summed E-state index contributed by atoms with van der Waals surface area (Å²) < 4.78 is 20.9. The third-order valence-electron chi connectivity index (χ3n) is 8.57. The van der Waals surface area contributed by atoms with Crippen molar-refractivity contribution < 1.29 is 33.5 Å². The van der Waals surface area contributed by atoms with Crippen LogP contribution >= 0.6 is 0 Å². The van der Waals surface area contributed by atoms with Gasteiger partial charge < -0.3 is 36.6 Å². The van der Waals surface area contributed by atoms with Gasteiger partial charge in [-0.1, -0.05) is 32.0 Å². The highest BCUT2D eigenvalue weighted by Gasteiger charge is 2.75. The Morgan fingerprint density at radius 2 is 1.95 bits per heavy atom. The minimum atomic E-state index is -2.65. The van der Waals surface area contributed by atoms with E-state index in [4.69, 9.17) is 16.2 Å². The van der Waals surface area contributed by atoms with Crippen molar-refractivity contribution in [1.82, 2.24) is 26.3 Å². The number of aliphatic imine (C=N–C) groups is 1. The van der Waals surface area contributed by atoms with Gasteiger partial charge in [0.1, 0.15) is 29.6 Å². The molecule has 4 aliphatic rings. The Labute approximate surface area is 240 Å². The van der Waals surface area contributed by atoms with Crippen LogP contribution in [0.4, 0.5) is 4.39 Å². The number of carbonyl (C=O) groups is 2. The maximum atomic E-state index is 13.6. The lowest BCUT2D eigenvalue weighted by atomic mass is 9.79. The number of pyridine rings is 1. The van der Waals surface area contributed by atoms with Crippen molar-refractivity contribution in [3.8, 4) is 5.75 Å². The van der Waals surface area contributed by atoms with Crippen LogP contribution in [0, 0.1) is 5.95 Å². The van der Waals surface area contributed by atoms with Crippen molar-refractivity contribution in [2.24, 2.45) is 16.5 Å². The van der Waals surface area contributed by atoms with Crippen molar-refractivity contribution in [3.05, 3.63) is 59.2 Å². The number of aliphatic hydroxyl groups is 2. The molecule has 1 saturated heterocycles. The van der Waals surface area contributed by atoms with Crippen LogP contribution in [0.3, 0.4) is 0 Å². The molecule has 222 valence electrons. The molecule has 0 radical (unpaired) electrons. The van der Waals surface area contributed by atoms with Gasteiger partial charge in [-0.15, -0.1) is 0 Å². The van der Waals surface area contributed by atoms with Crippen LogP contribution < -0.4 is 37.5 Å². The zero-order valence-corrected chi connectivity index (χ0v) is 23.0. The number of halogens is 1. The van der Waals surface area contributed by atoms with Crippen molar-refractivity contribution in [2.75, 3.05) is 19.7 Å². The largest absolute Gasteiger partial charge is 0.492 e. The average molecular weight is 583 g/mol. The second-order valence-electron chi connectivity index (χ2n) is 11.6. The highest BCUT2D eigenvalue weighted by Crippen LogP contribution is 2.43. The summed E-state index contributed by atoms with van der Waals surface area (Å²) in [6.45, 7) is 4.38. The number of rotatable bonds is 5. The lowest BCUT2D eigenvalue weighted by Gasteiger charge is -2.43. The maximum absolute atomic E-state index is 13.6. The lowest BCUT2D eigenvalue weighted by Crippen LogP contribution is -2.79. The second-order valence-corrected chi connectivity index (χ2v) is 11.6. The molecule has 6 rings (SSSR count). The Hall–Kier alpha value is -4.50. The first kappa shape index (κ1) is 27.7. The van der Waals surface area contributed by atoms with Gasteiger partial charge >= 0.3 is 5.96 Å². The van der Waals surface area contributed by atoms with Gasteiger partial charge in [0.05, 0.1) is 25.3 Å². The average Bonchev–Trinajstić information content (AvgIpc) is 3.40. The quantitative estimate of drug-likeness (QED) is 0.108. The molecule has 10 N–H and O–H groups in total. The number of nitrogens with two attached hydrogens (primary N) is 2. The number of carbonyl (C=O) groups excluding carboxylic acids is 2. The summed E-state index contributed by atoms with van der Waals surface area (Å²) in [5.41, 5.74) is 11.4. The zero-order chi connectivity index (χ0) is 30.0. The van der Waals surface area contributed by atoms with E-state index in [1.165, 1.54) is 16.7 Å². The van der Waals surface area contributed by atoms with Gasteiger partial charge in [-0.2, -0.15) is 4.39 Å². The molecule has 2 aromatic rings. The molecule has 1 aromatic heterocycles. The predicted octanol–water partition coefficient (Wildman–Crippen LogP) is -2.21. The Bertz CT molecular complexity index is 1540. The van der Waals surface area contributed by atoms with E-state index in [0.29, 0.717) is 12.4 Å². The van der Waals surface area contributed by atoms with Crippen LogP contribution in [-0.2, 0) is 5.41 Å². The third-order valence-corrected chi connectivity index (χ3v) is 8.57. The first-order chi connectivity index (χ1) is 19.8. The van der Waals surface area contributed by atoms with E-state index in [1.807, 2.05) is 6.07 Å². The van der Waals surface area contributed by atoms with E-state index in [1.54, 1.807) is 12.1 Å². The molecule has 1 fully saturated rings. The number of fused-ring (bicyclic) bond motifs is 1. The van der Waals surface area contributed by atoms with Gasteiger partial charge in [0.25, 0.3) is 11.8 Å². The number of ether oxygens (including phenoxy) is 1. The van der Waals surface area contributed by atoms with Crippen molar-refractivity contribution in [2.45, 2.75) is 55.3 Å². The minimum Gasteiger partial charge on any atom is -0.492 e. The summed E-state index contributed by atoms with van der Waals surface area (Å²) in [5.74, 6) is -4.25. The molecule has 5 heterocycles. The Morgan fingerprint density at radius 1 is 1.19 bits per heavy atom. The highest BCUT2D eigenvalue weighted by molar-refractivity contribution is 5.98. The SMILES string of the molecule is CC1(C)CCOc2c(C(=O)NC3C[N+]4=C(N)N[C@@H](CNC(=O)c5cccc(F)n5)[C@@H]5N=C(N)N[C@@]54C3(O)O)cccc21. The number of aromatic nitrogens is 1.